The summed E-state index contributed by atoms with van der Waals surface area (Å²) >= 11 is 0. The average Bonchev–Trinajstić information content (AvgIpc) is 3.43. The zero-order valence-corrected chi connectivity index (χ0v) is 21.9. The molecule has 0 N–H and O–H groups in total. The molecule has 0 bridgehead atoms. The maximum Gasteiger partial charge on any atom is 0.416 e. The van der Waals surface area contributed by atoms with Crippen LogP contribution in [-0.2, 0) is 30.2 Å². The van der Waals surface area contributed by atoms with E-state index in [2.05, 4.69) is 0 Å². The van der Waals surface area contributed by atoms with Crippen LogP contribution in [0.25, 0.3) is 0 Å². The highest BCUT2D eigenvalue weighted by molar-refractivity contribution is 5.96. The van der Waals surface area contributed by atoms with E-state index in [0.717, 1.165) is 10.5 Å². The number of cyclic esters (lactones) is 1. The smallest absolute Gasteiger partial charge is 0.416 e. The molecule has 0 radical (unpaired) electrons. The van der Waals surface area contributed by atoms with Gasteiger partial charge in [0, 0.05) is 24.5 Å². The highest BCUT2D eigenvalue weighted by Crippen LogP contribution is 2.51. The van der Waals surface area contributed by atoms with Crippen LogP contribution in [0.2, 0.25) is 0 Å². The van der Waals surface area contributed by atoms with Crippen LogP contribution in [0.1, 0.15) is 44.9 Å². The van der Waals surface area contributed by atoms with Gasteiger partial charge < -0.3 is 14.2 Å². The molecular formula is C28H32N2O8. The Labute approximate surface area is 221 Å². The Balaban J connectivity index is 1.83. The third kappa shape index (κ3) is 4.88. The first-order chi connectivity index (χ1) is 18.1. The molecule has 2 aromatic carbocycles. The van der Waals surface area contributed by atoms with Crippen LogP contribution in [0.5, 0.6) is 0 Å². The van der Waals surface area contributed by atoms with Crippen molar-refractivity contribution in [3.05, 3.63) is 75.8 Å². The van der Waals surface area contributed by atoms with Gasteiger partial charge in [-0.25, -0.2) is 14.5 Å². The number of amides is 2. The second kappa shape index (κ2) is 10.9. The van der Waals surface area contributed by atoms with E-state index in [4.69, 9.17) is 14.2 Å². The summed E-state index contributed by atoms with van der Waals surface area (Å²) in [6.45, 7) is 7.43. The molecule has 2 aromatic rings. The average molecular weight is 525 g/mol. The van der Waals surface area contributed by atoms with Crippen molar-refractivity contribution < 1.29 is 33.5 Å². The Morgan fingerprint density at radius 2 is 1.82 bits per heavy atom. The second-order valence-electron chi connectivity index (χ2n) is 10.1. The van der Waals surface area contributed by atoms with Gasteiger partial charge >= 0.3 is 12.1 Å². The fourth-order valence-electron chi connectivity index (χ4n) is 5.37. The molecule has 10 heteroatoms. The minimum absolute atomic E-state index is 0.0556. The molecule has 0 saturated carbocycles. The lowest BCUT2D eigenvalue weighted by Gasteiger charge is -2.32. The molecular weight excluding hydrogens is 492 g/mol. The van der Waals surface area contributed by atoms with E-state index in [1.54, 1.807) is 13.8 Å². The van der Waals surface area contributed by atoms with Gasteiger partial charge in [0.15, 0.2) is 5.60 Å². The number of non-ortho nitro benzene ring substituents is 1. The fraction of sp³-hybridized carbons (Fsp3) is 0.464. The molecule has 0 aromatic heterocycles. The summed E-state index contributed by atoms with van der Waals surface area (Å²) < 4.78 is 17.2. The molecule has 4 rings (SSSR count). The Morgan fingerprint density at radius 3 is 2.39 bits per heavy atom. The van der Waals surface area contributed by atoms with Crippen molar-refractivity contribution in [3.63, 3.8) is 0 Å². The summed E-state index contributed by atoms with van der Waals surface area (Å²) in [6.07, 6.45) is -1.56. The van der Waals surface area contributed by atoms with Gasteiger partial charge in [-0.05, 0) is 36.1 Å². The Kier molecular flexibility index (Phi) is 7.82. The number of hydrogen-bond donors (Lipinski definition) is 0. The first kappa shape index (κ1) is 27.3. The highest BCUT2D eigenvalue weighted by Gasteiger charge is 2.62. The Morgan fingerprint density at radius 1 is 1.16 bits per heavy atom. The predicted octanol–water partition coefficient (Wildman–Crippen LogP) is 4.47. The number of rotatable bonds is 8. The predicted molar refractivity (Wildman–Crippen MR) is 136 cm³/mol. The number of nitrogens with zero attached hydrogens (tertiary/aromatic N) is 2. The van der Waals surface area contributed by atoms with Gasteiger partial charge in [0.2, 0.25) is 5.91 Å². The summed E-state index contributed by atoms with van der Waals surface area (Å²) in [7, 11) is 0. The van der Waals surface area contributed by atoms with Gasteiger partial charge in [-0.1, -0.05) is 51.1 Å². The molecule has 0 unspecified atom stereocenters. The van der Waals surface area contributed by atoms with Crippen molar-refractivity contribution >= 4 is 23.7 Å². The third-order valence-electron chi connectivity index (χ3n) is 7.50. The summed E-state index contributed by atoms with van der Waals surface area (Å²) in [6, 6.07) is 14.5. The summed E-state index contributed by atoms with van der Waals surface area (Å²) in [5.74, 6) is -2.85. The molecule has 5 atom stereocenters. The van der Waals surface area contributed by atoms with Crippen LogP contribution in [0.4, 0.5) is 10.5 Å². The lowest BCUT2D eigenvalue weighted by Crippen LogP contribution is -2.50. The molecule has 2 amide bonds. The van der Waals surface area contributed by atoms with Gasteiger partial charge in [0.1, 0.15) is 6.61 Å². The van der Waals surface area contributed by atoms with Gasteiger partial charge in [-0.15, -0.1) is 0 Å². The standard InChI is InChI=1S/C28H32N2O8/c1-5-36-26(32)28(15-19-9-7-6-8-10-19)18(4)23(25(31)29-22(17(2)3)16-37-27(29)33)24(38-28)20-11-13-21(14-12-20)30(34)35/h6-14,17-18,22-24H,5,15-16H2,1-4H3/t18-,22+,23-,24-,28-/m0/s1. The number of carbonyl (C=O) groups excluding carboxylic acids is 3. The number of nitro groups is 1. The van der Waals surface area contributed by atoms with Crippen molar-refractivity contribution in [2.45, 2.75) is 51.9 Å². The van der Waals surface area contributed by atoms with Crippen molar-refractivity contribution in [2.24, 2.45) is 17.8 Å². The van der Waals surface area contributed by atoms with Crippen LogP contribution >= 0.6 is 0 Å². The summed E-state index contributed by atoms with van der Waals surface area (Å²) in [5, 5.41) is 11.2. The minimum atomic E-state index is -1.54. The monoisotopic (exact) mass is 524 g/mol. The van der Waals surface area contributed by atoms with E-state index < -0.39 is 52.5 Å². The van der Waals surface area contributed by atoms with E-state index in [0.29, 0.717) is 5.56 Å². The van der Waals surface area contributed by atoms with Crippen molar-refractivity contribution in [1.29, 1.82) is 0 Å². The molecule has 38 heavy (non-hydrogen) atoms. The molecule has 10 nitrogen and oxygen atoms in total. The first-order valence-electron chi connectivity index (χ1n) is 12.7. The number of imide groups is 1. The van der Waals surface area contributed by atoms with Gasteiger partial charge in [0.05, 0.1) is 29.6 Å². The largest absolute Gasteiger partial charge is 0.464 e. The molecule has 2 aliphatic rings. The van der Waals surface area contributed by atoms with Crippen molar-refractivity contribution in [2.75, 3.05) is 13.2 Å². The van der Waals surface area contributed by atoms with E-state index in [9.17, 15) is 24.5 Å². The molecule has 0 spiro atoms. The molecule has 2 saturated heterocycles. The zero-order chi connectivity index (χ0) is 27.6. The number of benzene rings is 2. The maximum absolute atomic E-state index is 14.1. The number of hydrogen-bond acceptors (Lipinski definition) is 8. The van der Waals surface area contributed by atoms with Crippen LogP contribution < -0.4 is 0 Å². The van der Waals surface area contributed by atoms with E-state index in [1.165, 1.54) is 24.3 Å². The molecule has 2 heterocycles. The van der Waals surface area contributed by atoms with Gasteiger partial charge in [0.25, 0.3) is 5.69 Å². The maximum atomic E-state index is 14.1. The highest BCUT2D eigenvalue weighted by atomic mass is 16.6. The van der Waals surface area contributed by atoms with Gasteiger partial charge in [-0.3, -0.25) is 14.9 Å². The number of nitro benzene ring substituents is 1. The molecule has 2 aliphatic heterocycles. The quantitative estimate of drug-likeness (QED) is 0.281. The van der Waals surface area contributed by atoms with E-state index in [1.807, 2.05) is 44.2 Å². The zero-order valence-electron chi connectivity index (χ0n) is 21.9. The van der Waals surface area contributed by atoms with Crippen LogP contribution in [0, 0.1) is 27.9 Å². The number of ether oxygens (including phenoxy) is 3. The summed E-state index contributed by atoms with van der Waals surface area (Å²) in [4.78, 5) is 52.3. The Bertz CT molecular complexity index is 1200. The van der Waals surface area contributed by atoms with Crippen LogP contribution in [0.15, 0.2) is 54.6 Å². The summed E-state index contributed by atoms with van der Waals surface area (Å²) in [5.41, 5.74) is -0.370. The number of carbonyl (C=O) groups is 3. The van der Waals surface area contributed by atoms with E-state index >= 15 is 0 Å². The Hall–Kier alpha value is -3.79. The lowest BCUT2D eigenvalue weighted by molar-refractivity contribution is -0.384. The second-order valence-corrected chi connectivity index (χ2v) is 10.1. The normalized spacial score (nSPS) is 26.9. The topological polar surface area (TPSA) is 125 Å². The van der Waals surface area contributed by atoms with Crippen molar-refractivity contribution in [1.82, 2.24) is 4.90 Å². The van der Waals surface area contributed by atoms with Crippen LogP contribution in [-0.4, -0.2) is 52.6 Å². The van der Waals surface area contributed by atoms with Crippen LogP contribution in [0.3, 0.4) is 0 Å². The third-order valence-corrected chi connectivity index (χ3v) is 7.50. The number of esters is 1. The molecule has 0 aliphatic carbocycles. The fourth-order valence-corrected chi connectivity index (χ4v) is 5.37. The van der Waals surface area contributed by atoms with Gasteiger partial charge in [-0.2, -0.15) is 0 Å². The lowest BCUT2D eigenvalue weighted by atomic mass is 9.75. The molecule has 2 fully saturated rings. The minimum Gasteiger partial charge on any atom is -0.464 e. The molecule has 202 valence electrons. The van der Waals surface area contributed by atoms with E-state index in [-0.39, 0.29) is 31.2 Å². The first-order valence-corrected chi connectivity index (χ1v) is 12.7. The van der Waals surface area contributed by atoms with Crippen molar-refractivity contribution in [3.8, 4) is 0 Å². The SMILES string of the molecule is CCOC(=O)[C@@]1(Cc2ccccc2)O[C@@H](c2ccc([N+](=O)[O-])cc2)[C@@H](C(=O)N2C(=O)OC[C@@H]2C(C)C)[C@@H]1C.